The summed E-state index contributed by atoms with van der Waals surface area (Å²) in [6, 6.07) is 3.39. The maximum atomic E-state index is 12.7. The summed E-state index contributed by atoms with van der Waals surface area (Å²) in [6.07, 6.45) is -2.35. The smallest absolute Gasteiger partial charge is 0.300 e. The molecule has 5 heteroatoms. The summed E-state index contributed by atoms with van der Waals surface area (Å²) in [4.78, 5) is 23.8. The molecule has 0 aromatic heterocycles. The Morgan fingerprint density at radius 2 is 1.70 bits per heavy atom. The predicted octanol–water partition coefficient (Wildman–Crippen LogP) is 3.57. The highest BCUT2D eigenvalue weighted by Crippen LogP contribution is 2.47. The number of hydrogen-bond acceptors (Lipinski definition) is 2. The van der Waals surface area contributed by atoms with Gasteiger partial charge in [-0.05, 0) is 37.0 Å². The number of carbonyl (C=O) groups is 2. The van der Waals surface area contributed by atoms with Crippen molar-refractivity contribution in [3.05, 3.63) is 34.9 Å². The van der Waals surface area contributed by atoms with E-state index in [1.807, 2.05) is 0 Å². The lowest BCUT2D eigenvalue weighted by Crippen LogP contribution is -2.33. The molecule has 2 aliphatic carbocycles. The number of rotatable bonds is 0. The topological polar surface area (TPSA) is 34.1 Å². The Morgan fingerprint density at radius 1 is 1.05 bits per heavy atom. The zero-order valence-corrected chi connectivity index (χ0v) is 10.7. The van der Waals surface area contributed by atoms with Gasteiger partial charge in [-0.1, -0.05) is 6.07 Å². The SMILES string of the molecule is O=C1CCC2(CC1)Cc1ccc(C(F)(F)F)cc1C2=O. The Balaban J connectivity index is 1.97. The van der Waals surface area contributed by atoms with Crippen LogP contribution < -0.4 is 0 Å². The molecule has 1 aromatic rings. The standard InChI is InChI=1S/C15H13F3O2/c16-15(17,18)10-2-1-9-8-14(13(20)12(9)7-10)5-3-11(19)4-6-14/h1-2,7H,3-6,8H2. The van der Waals surface area contributed by atoms with E-state index in [4.69, 9.17) is 0 Å². The molecule has 0 radical (unpaired) electrons. The molecule has 1 spiro atoms. The van der Waals surface area contributed by atoms with E-state index >= 15 is 0 Å². The molecule has 0 heterocycles. The van der Waals surface area contributed by atoms with Crippen LogP contribution in [0.5, 0.6) is 0 Å². The average Bonchev–Trinajstić information content (AvgIpc) is 2.66. The van der Waals surface area contributed by atoms with E-state index in [2.05, 4.69) is 0 Å². The largest absolute Gasteiger partial charge is 0.416 e. The summed E-state index contributed by atoms with van der Waals surface area (Å²) in [5, 5.41) is 0. The molecule has 1 aromatic carbocycles. The third-order valence-electron chi connectivity index (χ3n) is 4.46. The van der Waals surface area contributed by atoms with Crippen molar-refractivity contribution in [2.75, 3.05) is 0 Å². The van der Waals surface area contributed by atoms with E-state index in [1.165, 1.54) is 6.07 Å². The van der Waals surface area contributed by atoms with Crippen LogP contribution in [0.4, 0.5) is 13.2 Å². The Labute approximate surface area is 114 Å². The van der Waals surface area contributed by atoms with Gasteiger partial charge in [-0.2, -0.15) is 13.2 Å². The Morgan fingerprint density at radius 3 is 2.30 bits per heavy atom. The molecule has 0 bridgehead atoms. The van der Waals surface area contributed by atoms with Crippen LogP contribution in [-0.2, 0) is 17.4 Å². The number of carbonyl (C=O) groups excluding carboxylic acids is 2. The van der Waals surface area contributed by atoms with Crippen molar-refractivity contribution in [1.29, 1.82) is 0 Å². The first-order valence-corrected chi connectivity index (χ1v) is 6.58. The number of fused-ring (bicyclic) bond motifs is 1. The number of alkyl halides is 3. The summed E-state index contributed by atoms with van der Waals surface area (Å²) >= 11 is 0. The molecule has 0 amide bonds. The second kappa shape index (κ2) is 4.17. The fraction of sp³-hybridized carbons (Fsp3) is 0.467. The van der Waals surface area contributed by atoms with Crippen LogP contribution in [0, 0.1) is 5.41 Å². The molecular formula is C15H13F3O2. The lowest BCUT2D eigenvalue weighted by molar-refractivity contribution is -0.137. The van der Waals surface area contributed by atoms with Crippen molar-refractivity contribution in [3.8, 4) is 0 Å². The summed E-state index contributed by atoms with van der Waals surface area (Å²) in [5.41, 5.74) is -0.555. The van der Waals surface area contributed by atoms with Crippen LogP contribution in [0.2, 0.25) is 0 Å². The van der Waals surface area contributed by atoms with Gasteiger partial charge in [0.2, 0.25) is 0 Å². The van der Waals surface area contributed by atoms with Gasteiger partial charge in [-0.25, -0.2) is 0 Å². The van der Waals surface area contributed by atoms with Crippen molar-refractivity contribution in [2.45, 2.75) is 38.3 Å². The summed E-state index contributed by atoms with van der Waals surface area (Å²) in [6.45, 7) is 0. The zero-order valence-electron chi connectivity index (χ0n) is 10.7. The minimum atomic E-state index is -4.44. The first-order chi connectivity index (χ1) is 9.32. The summed E-state index contributed by atoms with van der Waals surface area (Å²) in [5.74, 6) is -0.0820. The van der Waals surface area contributed by atoms with Crippen LogP contribution in [0.1, 0.15) is 47.2 Å². The predicted molar refractivity (Wildman–Crippen MR) is 65.4 cm³/mol. The first-order valence-electron chi connectivity index (χ1n) is 6.58. The molecule has 0 aliphatic heterocycles. The van der Waals surface area contributed by atoms with Crippen molar-refractivity contribution in [3.63, 3.8) is 0 Å². The lowest BCUT2D eigenvalue weighted by Gasteiger charge is -2.30. The molecule has 1 saturated carbocycles. The van der Waals surface area contributed by atoms with E-state index in [0.717, 1.165) is 12.1 Å². The van der Waals surface area contributed by atoms with Crippen molar-refractivity contribution < 1.29 is 22.8 Å². The van der Waals surface area contributed by atoms with Crippen molar-refractivity contribution in [2.24, 2.45) is 5.41 Å². The van der Waals surface area contributed by atoms with E-state index in [9.17, 15) is 22.8 Å². The van der Waals surface area contributed by atoms with Crippen LogP contribution in [0.25, 0.3) is 0 Å². The fourth-order valence-corrected chi connectivity index (χ4v) is 3.26. The van der Waals surface area contributed by atoms with Gasteiger partial charge in [0.25, 0.3) is 0 Å². The first kappa shape index (κ1) is 13.3. The molecule has 3 rings (SSSR count). The highest BCUT2D eigenvalue weighted by Gasteiger charge is 2.47. The zero-order chi connectivity index (χ0) is 14.5. The summed E-state index contributed by atoms with van der Waals surface area (Å²) < 4.78 is 38.1. The molecule has 1 fully saturated rings. The molecule has 0 atom stereocenters. The Kier molecular flexibility index (Phi) is 2.78. The molecule has 20 heavy (non-hydrogen) atoms. The highest BCUT2D eigenvalue weighted by atomic mass is 19.4. The van der Waals surface area contributed by atoms with Crippen LogP contribution >= 0.6 is 0 Å². The minimum absolute atomic E-state index is 0.135. The minimum Gasteiger partial charge on any atom is -0.300 e. The van der Waals surface area contributed by atoms with Gasteiger partial charge in [-0.3, -0.25) is 9.59 Å². The highest BCUT2D eigenvalue weighted by molar-refractivity contribution is 6.06. The van der Waals surface area contributed by atoms with E-state index in [0.29, 0.717) is 37.7 Å². The number of ketones is 2. The van der Waals surface area contributed by atoms with Gasteiger partial charge >= 0.3 is 6.18 Å². The van der Waals surface area contributed by atoms with Crippen LogP contribution in [-0.4, -0.2) is 11.6 Å². The number of halogens is 3. The lowest BCUT2D eigenvalue weighted by atomic mass is 9.71. The van der Waals surface area contributed by atoms with Gasteiger partial charge in [-0.15, -0.1) is 0 Å². The van der Waals surface area contributed by atoms with Gasteiger partial charge in [0, 0.05) is 23.8 Å². The second-order valence-corrected chi connectivity index (χ2v) is 5.69. The third-order valence-corrected chi connectivity index (χ3v) is 4.46. The van der Waals surface area contributed by atoms with Gasteiger partial charge < -0.3 is 0 Å². The van der Waals surface area contributed by atoms with Crippen LogP contribution in [0.3, 0.4) is 0 Å². The molecule has 106 valence electrons. The van der Waals surface area contributed by atoms with Crippen LogP contribution in [0.15, 0.2) is 18.2 Å². The molecule has 2 aliphatic rings. The van der Waals surface area contributed by atoms with Gasteiger partial charge in [0.1, 0.15) is 5.78 Å². The maximum Gasteiger partial charge on any atom is 0.416 e. The normalized spacial score (nSPS) is 21.4. The van der Waals surface area contributed by atoms with E-state index in [-0.39, 0.29) is 17.1 Å². The molecule has 2 nitrogen and oxygen atoms in total. The third kappa shape index (κ3) is 1.96. The molecule has 0 N–H and O–H groups in total. The quantitative estimate of drug-likeness (QED) is 0.729. The monoisotopic (exact) mass is 282 g/mol. The van der Waals surface area contributed by atoms with Gasteiger partial charge in [0.15, 0.2) is 5.78 Å². The number of Topliss-reactive ketones (excluding diaryl/α,β-unsaturated/α-hetero) is 2. The second-order valence-electron chi connectivity index (χ2n) is 5.69. The van der Waals surface area contributed by atoms with E-state index < -0.39 is 17.2 Å². The number of benzene rings is 1. The van der Waals surface area contributed by atoms with Gasteiger partial charge in [0.05, 0.1) is 5.56 Å². The molecule has 0 unspecified atom stereocenters. The maximum absolute atomic E-state index is 12.7. The molecular weight excluding hydrogens is 269 g/mol. The number of hydrogen-bond donors (Lipinski definition) is 0. The Hall–Kier alpha value is -1.65. The summed E-state index contributed by atoms with van der Waals surface area (Å²) in [7, 11) is 0. The molecule has 0 saturated heterocycles. The van der Waals surface area contributed by atoms with Crippen molar-refractivity contribution in [1.82, 2.24) is 0 Å². The van der Waals surface area contributed by atoms with E-state index in [1.54, 1.807) is 0 Å². The average molecular weight is 282 g/mol. The van der Waals surface area contributed by atoms with Crippen molar-refractivity contribution >= 4 is 11.6 Å². The Bertz CT molecular complexity index is 592. The fourth-order valence-electron chi connectivity index (χ4n) is 3.26.